The summed E-state index contributed by atoms with van der Waals surface area (Å²) in [6.07, 6.45) is 1.32. The standard InChI is InChI=1S/C32H52FN3O10/c1-31(2,3)45-30(40)24-10-11-26(33)25(20-24)22-35(29(39)27(34)21-28(38)41-7)12-8-14-42-16-18-44-19-17-43-15-9-13-36(23-37)46-32(4,5)6/h10-11,20,23,27H,8-9,12-19,21-22,34H2,1-7H3/t27-/m0/s1. The van der Waals surface area contributed by atoms with Crippen molar-refractivity contribution in [1.82, 2.24) is 9.96 Å². The van der Waals surface area contributed by atoms with Gasteiger partial charge in [-0.15, -0.1) is 0 Å². The molecule has 14 heteroatoms. The molecule has 262 valence electrons. The first-order chi connectivity index (χ1) is 21.6. The van der Waals surface area contributed by atoms with E-state index >= 15 is 0 Å². The van der Waals surface area contributed by atoms with E-state index in [1.54, 1.807) is 20.8 Å². The second-order valence-corrected chi connectivity index (χ2v) is 12.4. The fourth-order valence-corrected chi connectivity index (χ4v) is 3.91. The number of hydrogen-bond acceptors (Lipinski definition) is 11. The molecule has 1 aromatic carbocycles. The van der Waals surface area contributed by atoms with Crippen molar-refractivity contribution in [2.75, 3.05) is 59.8 Å². The Balaban J connectivity index is 2.52. The maximum atomic E-state index is 14.8. The molecular weight excluding hydrogens is 605 g/mol. The second kappa shape index (κ2) is 20.9. The molecule has 0 saturated carbocycles. The Kier molecular flexibility index (Phi) is 18.5. The molecule has 0 radical (unpaired) electrons. The molecule has 46 heavy (non-hydrogen) atoms. The minimum absolute atomic E-state index is 0.0952. The zero-order valence-electron chi connectivity index (χ0n) is 28.3. The number of halogens is 1. The van der Waals surface area contributed by atoms with Crippen LogP contribution in [-0.4, -0.2) is 111 Å². The van der Waals surface area contributed by atoms with Crippen LogP contribution in [0.3, 0.4) is 0 Å². The Labute approximate surface area is 271 Å². The number of esters is 2. The van der Waals surface area contributed by atoms with E-state index in [0.717, 1.165) is 6.07 Å². The van der Waals surface area contributed by atoms with Gasteiger partial charge < -0.3 is 34.3 Å². The summed E-state index contributed by atoms with van der Waals surface area (Å²) < 4.78 is 41.4. The zero-order valence-corrected chi connectivity index (χ0v) is 28.3. The van der Waals surface area contributed by atoms with Gasteiger partial charge in [0.2, 0.25) is 12.3 Å². The van der Waals surface area contributed by atoms with Crippen molar-refractivity contribution in [3.05, 3.63) is 35.1 Å². The number of methoxy groups -OCH3 is 1. The third-order valence-electron chi connectivity index (χ3n) is 5.92. The first-order valence-corrected chi connectivity index (χ1v) is 15.3. The van der Waals surface area contributed by atoms with Crippen molar-refractivity contribution in [3.63, 3.8) is 0 Å². The van der Waals surface area contributed by atoms with Gasteiger partial charge in [-0.25, -0.2) is 14.2 Å². The molecule has 0 aliphatic rings. The van der Waals surface area contributed by atoms with E-state index in [0.29, 0.717) is 58.8 Å². The molecule has 13 nitrogen and oxygen atoms in total. The van der Waals surface area contributed by atoms with Crippen molar-refractivity contribution >= 4 is 24.3 Å². The van der Waals surface area contributed by atoms with Crippen LogP contribution >= 0.6 is 0 Å². The van der Waals surface area contributed by atoms with E-state index in [1.807, 2.05) is 20.8 Å². The molecule has 0 heterocycles. The Bertz CT molecular complexity index is 1090. The van der Waals surface area contributed by atoms with Crippen molar-refractivity contribution in [2.45, 2.75) is 84.6 Å². The average Bonchev–Trinajstić information content (AvgIpc) is 2.97. The van der Waals surface area contributed by atoms with Crippen LogP contribution in [0.2, 0.25) is 0 Å². The average molecular weight is 658 g/mol. The molecule has 1 aromatic rings. The summed E-state index contributed by atoms with van der Waals surface area (Å²) in [5.74, 6) is -2.45. The quantitative estimate of drug-likeness (QED) is 0.0847. The monoisotopic (exact) mass is 657 g/mol. The number of rotatable bonds is 22. The van der Waals surface area contributed by atoms with Crippen molar-refractivity contribution < 1.29 is 52.1 Å². The molecule has 2 N–H and O–H groups in total. The Morgan fingerprint density at radius 3 is 1.98 bits per heavy atom. The molecule has 0 saturated heterocycles. The van der Waals surface area contributed by atoms with Crippen molar-refractivity contribution in [3.8, 4) is 0 Å². The van der Waals surface area contributed by atoms with Crippen molar-refractivity contribution in [1.29, 1.82) is 0 Å². The van der Waals surface area contributed by atoms with E-state index in [-0.39, 0.29) is 37.2 Å². The van der Waals surface area contributed by atoms with E-state index in [4.69, 9.17) is 29.5 Å². The largest absolute Gasteiger partial charge is 0.469 e. The highest BCUT2D eigenvalue weighted by Crippen LogP contribution is 2.18. The summed E-state index contributed by atoms with van der Waals surface area (Å²) in [5.41, 5.74) is 5.01. The first kappa shape index (κ1) is 40.9. The molecule has 0 spiro atoms. The molecule has 0 aliphatic carbocycles. The second-order valence-electron chi connectivity index (χ2n) is 12.4. The smallest absolute Gasteiger partial charge is 0.338 e. The molecule has 1 atom stereocenters. The number of nitrogens with zero attached hydrogens (tertiary/aromatic N) is 2. The number of hydrogen-bond donors (Lipinski definition) is 1. The lowest BCUT2D eigenvalue weighted by molar-refractivity contribution is -0.216. The molecule has 0 aromatic heterocycles. The van der Waals surface area contributed by atoms with Crippen LogP contribution in [0.5, 0.6) is 0 Å². The molecule has 2 amide bonds. The number of nitrogens with two attached hydrogens (primary N) is 1. The van der Waals surface area contributed by atoms with E-state index in [9.17, 15) is 23.6 Å². The summed E-state index contributed by atoms with van der Waals surface area (Å²) in [6.45, 7) is 13.3. The lowest BCUT2D eigenvalue weighted by Crippen LogP contribution is -2.45. The van der Waals surface area contributed by atoms with Gasteiger partial charge in [-0.3, -0.25) is 19.2 Å². The van der Waals surface area contributed by atoms with Crippen LogP contribution in [0.4, 0.5) is 4.39 Å². The summed E-state index contributed by atoms with van der Waals surface area (Å²) in [4.78, 5) is 55.3. The van der Waals surface area contributed by atoms with Crippen molar-refractivity contribution in [2.24, 2.45) is 5.73 Å². The van der Waals surface area contributed by atoms with Gasteiger partial charge in [0.05, 0.1) is 63.7 Å². The topological polar surface area (TPSA) is 156 Å². The van der Waals surface area contributed by atoms with Crippen LogP contribution < -0.4 is 5.73 Å². The molecule has 0 unspecified atom stereocenters. The molecular formula is C32H52FN3O10. The number of carbonyl (C=O) groups is 4. The van der Waals surface area contributed by atoms with Gasteiger partial charge in [-0.1, -0.05) is 0 Å². The van der Waals surface area contributed by atoms with Gasteiger partial charge >= 0.3 is 11.9 Å². The Morgan fingerprint density at radius 1 is 0.891 bits per heavy atom. The first-order valence-electron chi connectivity index (χ1n) is 15.3. The summed E-state index contributed by atoms with van der Waals surface area (Å²) in [5, 5.41) is 1.26. The predicted octanol–water partition coefficient (Wildman–Crippen LogP) is 3.02. The Hall–Kier alpha value is -3.17. The summed E-state index contributed by atoms with van der Waals surface area (Å²) >= 11 is 0. The maximum Gasteiger partial charge on any atom is 0.338 e. The van der Waals surface area contributed by atoms with E-state index in [2.05, 4.69) is 4.74 Å². The molecule has 0 bridgehead atoms. The lowest BCUT2D eigenvalue weighted by atomic mass is 10.1. The highest BCUT2D eigenvalue weighted by Gasteiger charge is 2.26. The van der Waals surface area contributed by atoms with E-state index in [1.165, 1.54) is 29.2 Å². The number of amides is 2. The number of carbonyl (C=O) groups excluding carboxylic acids is 4. The zero-order chi connectivity index (χ0) is 34.8. The van der Waals surface area contributed by atoms with Crippen LogP contribution in [-0.2, 0) is 49.5 Å². The van der Waals surface area contributed by atoms with Crippen LogP contribution in [0, 0.1) is 5.82 Å². The highest BCUT2D eigenvalue weighted by atomic mass is 19.1. The van der Waals surface area contributed by atoms with E-state index < -0.39 is 40.9 Å². The van der Waals surface area contributed by atoms with Gasteiger partial charge in [0.15, 0.2) is 0 Å². The fraction of sp³-hybridized carbons (Fsp3) is 0.688. The normalized spacial score (nSPS) is 12.4. The lowest BCUT2D eigenvalue weighted by Gasteiger charge is -2.26. The molecule has 0 fully saturated rings. The Morgan fingerprint density at radius 2 is 1.46 bits per heavy atom. The van der Waals surface area contributed by atoms with Crippen LogP contribution in [0.1, 0.15) is 76.7 Å². The van der Waals surface area contributed by atoms with Gasteiger partial charge in [-0.2, -0.15) is 0 Å². The molecule has 1 rings (SSSR count). The van der Waals surface area contributed by atoms with Gasteiger partial charge in [0.25, 0.3) is 0 Å². The third kappa shape index (κ3) is 18.1. The summed E-state index contributed by atoms with van der Waals surface area (Å²) in [7, 11) is 1.19. The fourth-order valence-electron chi connectivity index (χ4n) is 3.91. The van der Waals surface area contributed by atoms with Gasteiger partial charge in [-0.05, 0) is 72.6 Å². The molecule has 0 aliphatic heterocycles. The van der Waals surface area contributed by atoms with Gasteiger partial charge in [0, 0.05) is 31.9 Å². The van der Waals surface area contributed by atoms with Gasteiger partial charge in [0.1, 0.15) is 11.4 Å². The minimum Gasteiger partial charge on any atom is -0.469 e. The number of hydroxylamine groups is 2. The number of ether oxygens (including phenoxy) is 5. The highest BCUT2D eigenvalue weighted by molar-refractivity contribution is 5.90. The maximum absolute atomic E-state index is 14.8. The predicted molar refractivity (Wildman–Crippen MR) is 167 cm³/mol. The SMILES string of the molecule is COC(=O)C[C@H](N)C(=O)N(CCCOCCOCCOCCCN(C=O)OC(C)(C)C)Cc1cc(C(=O)OC(C)(C)C)ccc1F. The third-order valence-corrected chi connectivity index (χ3v) is 5.92. The minimum atomic E-state index is -1.19. The summed E-state index contributed by atoms with van der Waals surface area (Å²) in [6, 6.07) is 2.61. The van der Waals surface area contributed by atoms with Crippen LogP contribution in [0.25, 0.3) is 0 Å². The van der Waals surface area contributed by atoms with Crippen LogP contribution in [0.15, 0.2) is 18.2 Å². The number of benzene rings is 1.